The summed E-state index contributed by atoms with van der Waals surface area (Å²) in [5.74, 6) is 0. The quantitative estimate of drug-likeness (QED) is 0.815. The summed E-state index contributed by atoms with van der Waals surface area (Å²) in [5, 5.41) is 0.396. The fraction of sp³-hybridized carbons (Fsp3) is 0.500. The number of hydrogen-bond acceptors (Lipinski definition) is 5. The highest BCUT2D eigenvalue weighted by molar-refractivity contribution is 8.01. The van der Waals surface area contributed by atoms with Gasteiger partial charge in [0.2, 0.25) is 0 Å². The third-order valence-electron chi connectivity index (χ3n) is 3.34. The third-order valence-corrected chi connectivity index (χ3v) is 5.72. The number of hydrogen-bond donors (Lipinski definition) is 0. The molecule has 1 aliphatic heterocycles. The van der Waals surface area contributed by atoms with Crippen LogP contribution in [-0.2, 0) is 4.74 Å². The number of nitrogens with zero attached hydrogens (tertiary/aromatic N) is 2. The Hall–Kier alpha value is -1.27. The fourth-order valence-electron chi connectivity index (χ4n) is 2.36. The maximum Gasteiger partial charge on any atom is 0.410 e. The minimum Gasteiger partial charge on any atom is -0.444 e. The van der Waals surface area contributed by atoms with E-state index in [4.69, 9.17) is 4.74 Å². The van der Waals surface area contributed by atoms with Gasteiger partial charge in [-0.1, -0.05) is 23.9 Å². The number of likely N-dealkylation sites (tertiary alicyclic amines) is 1. The molecule has 2 heterocycles. The first kappa shape index (κ1) is 15.6. The molecule has 0 aliphatic carbocycles. The van der Waals surface area contributed by atoms with E-state index in [9.17, 15) is 4.79 Å². The minimum absolute atomic E-state index is 0.208. The maximum absolute atomic E-state index is 12.1. The van der Waals surface area contributed by atoms with Crippen LogP contribution in [0.4, 0.5) is 4.79 Å². The fourth-order valence-corrected chi connectivity index (χ4v) is 4.84. The molecule has 3 rings (SSSR count). The van der Waals surface area contributed by atoms with Crippen molar-refractivity contribution in [3.05, 3.63) is 24.3 Å². The van der Waals surface area contributed by atoms with Gasteiger partial charge in [-0.2, -0.15) is 0 Å². The zero-order valence-corrected chi connectivity index (χ0v) is 14.7. The van der Waals surface area contributed by atoms with Gasteiger partial charge in [0.15, 0.2) is 4.34 Å². The van der Waals surface area contributed by atoms with Gasteiger partial charge in [0.05, 0.1) is 10.2 Å². The molecular formula is C16H20N2O2S2. The van der Waals surface area contributed by atoms with Crippen molar-refractivity contribution < 1.29 is 9.53 Å². The number of amides is 1. The second-order valence-electron chi connectivity index (χ2n) is 6.40. The highest BCUT2D eigenvalue weighted by Crippen LogP contribution is 2.35. The van der Waals surface area contributed by atoms with Crippen LogP contribution >= 0.6 is 23.1 Å². The van der Waals surface area contributed by atoms with Gasteiger partial charge < -0.3 is 9.64 Å². The van der Waals surface area contributed by atoms with Gasteiger partial charge in [-0.3, -0.25) is 0 Å². The van der Waals surface area contributed by atoms with Crippen molar-refractivity contribution in [2.75, 3.05) is 13.1 Å². The summed E-state index contributed by atoms with van der Waals surface area (Å²) in [6, 6.07) is 8.18. The number of thiazole rings is 1. The Morgan fingerprint density at radius 3 is 2.91 bits per heavy atom. The minimum atomic E-state index is -0.435. The van der Waals surface area contributed by atoms with Gasteiger partial charge in [0.25, 0.3) is 0 Å². The molecular weight excluding hydrogens is 316 g/mol. The number of para-hydroxylation sites is 1. The molecule has 1 fully saturated rings. The molecule has 1 amide bonds. The summed E-state index contributed by atoms with van der Waals surface area (Å²) in [7, 11) is 0. The SMILES string of the molecule is CC(C)(C)OC(=O)N1CCC(Sc2nc3ccccc3s2)C1. The second-order valence-corrected chi connectivity index (χ2v) is 8.98. The summed E-state index contributed by atoms with van der Waals surface area (Å²) >= 11 is 3.49. The first-order chi connectivity index (χ1) is 10.4. The van der Waals surface area contributed by atoms with Crippen LogP contribution in [0.2, 0.25) is 0 Å². The Labute approximate surface area is 138 Å². The molecule has 118 valence electrons. The van der Waals surface area contributed by atoms with E-state index in [1.54, 1.807) is 28.0 Å². The van der Waals surface area contributed by atoms with E-state index in [0.717, 1.165) is 29.4 Å². The first-order valence-corrected chi connectivity index (χ1v) is 9.10. The largest absolute Gasteiger partial charge is 0.444 e. The number of fused-ring (bicyclic) bond motifs is 1. The highest BCUT2D eigenvalue weighted by Gasteiger charge is 2.30. The van der Waals surface area contributed by atoms with Crippen molar-refractivity contribution in [3.63, 3.8) is 0 Å². The van der Waals surface area contributed by atoms with Gasteiger partial charge in [0.1, 0.15) is 5.60 Å². The smallest absolute Gasteiger partial charge is 0.410 e. The number of ether oxygens (including phenoxy) is 1. The average molecular weight is 336 g/mol. The van der Waals surface area contributed by atoms with Gasteiger partial charge in [-0.15, -0.1) is 11.3 Å². The lowest BCUT2D eigenvalue weighted by Gasteiger charge is -2.24. The molecule has 0 N–H and O–H groups in total. The second kappa shape index (κ2) is 6.08. The van der Waals surface area contributed by atoms with Crippen LogP contribution in [0.3, 0.4) is 0 Å². The summed E-state index contributed by atoms with van der Waals surface area (Å²) in [5.41, 5.74) is 0.618. The standard InChI is InChI=1S/C16H20N2O2S2/c1-16(2,3)20-15(19)18-9-8-11(10-18)21-14-17-12-6-4-5-7-13(12)22-14/h4-7,11H,8-10H2,1-3H3. The van der Waals surface area contributed by atoms with Gasteiger partial charge in [-0.05, 0) is 39.3 Å². The topological polar surface area (TPSA) is 42.4 Å². The normalized spacial score (nSPS) is 18.9. The molecule has 2 aromatic rings. The molecule has 0 spiro atoms. The van der Waals surface area contributed by atoms with Crippen molar-refractivity contribution in [1.29, 1.82) is 0 Å². The zero-order valence-electron chi connectivity index (χ0n) is 13.0. The van der Waals surface area contributed by atoms with Crippen LogP contribution in [0.1, 0.15) is 27.2 Å². The number of rotatable bonds is 2. The van der Waals surface area contributed by atoms with Crippen LogP contribution in [0.25, 0.3) is 10.2 Å². The lowest BCUT2D eigenvalue weighted by atomic mass is 10.2. The average Bonchev–Trinajstić information content (AvgIpc) is 3.02. The van der Waals surface area contributed by atoms with E-state index in [1.807, 2.05) is 39.0 Å². The van der Waals surface area contributed by atoms with Gasteiger partial charge in [-0.25, -0.2) is 9.78 Å². The summed E-state index contributed by atoms with van der Waals surface area (Å²) in [4.78, 5) is 18.5. The molecule has 0 saturated carbocycles. The monoisotopic (exact) mass is 336 g/mol. The van der Waals surface area contributed by atoms with Crippen LogP contribution in [0.5, 0.6) is 0 Å². The molecule has 1 aromatic carbocycles. The van der Waals surface area contributed by atoms with E-state index < -0.39 is 5.60 Å². The van der Waals surface area contributed by atoms with Crippen molar-refractivity contribution in [2.24, 2.45) is 0 Å². The molecule has 1 saturated heterocycles. The number of carbonyl (C=O) groups is 1. The number of thioether (sulfide) groups is 1. The molecule has 4 nitrogen and oxygen atoms in total. The summed E-state index contributed by atoms with van der Waals surface area (Å²) < 4.78 is 7.73. The third kappa shape index (κ3) is 3.73. The molecule has 0 bridgehead atoms. The van der Waals surface area contributed by atoms with E-state index in [1.165, 1.54) is 4.70 Å². The number of benzene rings is 1. The van der Waals surface area contributed by atoms with E-state index >= 15 is 0 Å². The molecule has 1 aliphatic rings. The van der Waals surface area contributed by atoms with Crippen molar-refractivity contribution >= 4 is 39.4 Å². The zero-order chi connectivity index (χ0) is 15.7. The Bertz CT molecular complexity index is 645. The predicted octanol–water partition coefficient (Wildman–Crippen LogP) is 4.40. The Morgan fingerprint density at radius 2 is 2.18 bits per heavy atom. The molecule has 1 unspecified atom stereocenters. The van der Waals surface area contributed by atoms with Gasteiger partial charge >= 0.3 is 6.09 Å². The number of carbonyl (C=O) groups excluding carboxylic acids is 1. The maximum atomic E-state index is 12.1. The van der Waals surface area contributed by atoms with Crippen LogP contribution in [0, 0.1) is 0 Å². The summed E-state index contributed by atoms with van der Waals surface area (Å²) in [6.07, 6.45) is 0.778. The van der Waals surface area contributed by atoms with E-state index in [2.05, 4.69) is 11.1 Å². The Morgan fingerprint density at radius 1 is 1.41 bits per heavy atom. The Balaban J connectivity index is 1.60. The van der Waals surface area contributed by atoms with Crippen molar-refractivity contribution in [3.8, 4) is 0 Å². The van der Waals surface area contributed by atoms with Crippen LogP contribution in [-0.4, -0.2) is 39.9 Å². The summed E-state index contributed by atoms with van der Waals surface area (Å²) in [6.45, 7) is 7.18. The van der Waals surface area contributed by atoms with E-state index in [0.29, 0.717) is 5.25 Å². The number of aromatic nitrogens is 1. The lowest BCUT2D eigenvalue weighted by molar-refractivity contribution is 0.0295. The Kier molecular flexibility index (Phi) is 4.32. The van der Waals surface area contributed by atoms with Crippen molar-refractivity contribution in [2.45, 2.75) is 42.4 Å². The molecule has 1 aromatic heterocycles. The first-order valence-electron chi connectivity index (χ1n) is 7.41. The van der Waals surface area contributed by atoms with Gasteiger partial charge in [0, 0.05) is 18.3 Å². The molecule has 6 heteroatoms. The molecule has 0 radical (unpaired) electrons. The molecule has 1 atom stereocenters. The van der Waals surface area contributed by atoms with Crippen molar-refractivity contribution in [1.82, 2.24) is 9.88 Å². The molecule has 22 heavy (non-hydrogen) atoms. The highest BCUT2D eigenvalue weighted by atomic mass is 32.2. The lowest BCUT2D eigenvalue weighted by Crippen LogP contribution is -2.35. The van der Waals surface area contributed by atoms with E-state index in [-0.39, 0.29) is 6.09 Å². The van der Waals surface area contributed by atoms with Crippen LogP contribution in [0.15, 0.2) is 28.6 Å². The van der Waals surface area contributed by atoms with Crippen LogP contribution < -0.4 is 0 Å². The predicted molar refractivity (Wildman–Crippen MR) is 91.7 cm³/mol.